The molecule has 0 aromatic heterocycles. The topological polar surface area (TPSA) is 123 Å². The van der Waals surface area contributed by atoms with Crippen molar-refractivity contribution in [1.82, 2.24) is 0 Å². The predicted molar refractivity (Wildman–Crippen MR) is 125 cm³/mol. The molecule has 0 radical (unpaired) electrons. The van der Waals surface area contributed by atoms with Crippen LogP contribution in [-0.4, -0.2) is 72.9 Å². The molecule has 0 bridgehead atoms. The SMILES string of the molecule is C[C@@H]1O[C@@H](OCc2ccccc2)[C@@H](O[C@@H]2O[C@@H](C)[C@H]3OC(C)(C)O[C@H]3[C@@H]2N=[N+]=[N-])[C@@H]2OC(C)(C)O[C@@H]21. The van der Waals surface area contributed by atoms with E-state index < -0.39 is 54.6 Å². The molecule has 198 valence electrons. The summed E-state index contributed by atoms with van der Waals surface area (Å²) < 4.78 is 49.7. The van der Waals surface area contributed by atoms with Crippen LogP contribution in [0.15, 0.2) is 35.4 Å². The van der Waals surface area contributed by atoms with E-state index in [0.717, 1.165) is 5.56 Å². The van der Waals surface area contributed by atoms with E-state index >= 15 is 0 Å². The Balaban J connectivity index is 1.41. The predicted octanol–water partition coefficient (Wildman–Crippen LogP) is 3.80. The largest absolute Gasteiger partial charge is 0.346 e. The van der Waals surface area contributed by atoms with Gasteiger partial charge in [0.1, 0.15) is 36.6 Å². The maximum absolute atomic E-state index is 9.33. The third-order valence-electron chi connectivity index (χ3n) is 6.89. The zero-order chi connectivity index (χ0) is 25.7. The van der Waals surface area contributed by atoms with Gasteiger partial charge in [-0.25, -0.2) is 0 Å². The molecule has 5 rings (SSSR count). The summed E-state index contributed by atoms with van der Waals surface area (Å²) >= 11 is 0. The first-order chi connectivity index (χ1) is 17.1. The molecule has 4 heterocycles. The maximum atomic E-state index is 9.33. The molecular formula is C25H35N3O8. The second-order valence-electron chi connectivity index (χ2n) is 10.6. The van der Waals surface area contributed by atoms with Gasteiger partial charge in [-0.1, -0.05) is 35.4 Å². The van der Waals surface area contributed by atoms with Crippen LogP contribution in [-0.2, 0) is 44.5 Å². The highest BCUT2D eigenvalue weighted by Crippen LogP contribution is 2.43. The molecule has 0 amide bonds. The van der Waals surface area contributed by atoms with Crippen molar-refractivity contribution in [2.45, 2.75) is 121 Å². The Hall–Kier alpha value is -1.79. The van der Waals surface area contributed by atoms with Gasteiger partial charge >= 0.3 is 0 Å². The summed E-state index contributed by atoms with van der Waals surface area (Å²) in [6, 6.07) is 9.02. The van der Waals surface area contributed by atoms with E-state index in [1.807, 2.05) is 71.9 Å². The van der Waals surface area contributed by atoms with Crippen LogP contribution in [0.2, 0.25) is 0 Å². The molecular weight excluding hydrogens is 470 g/mol. The highest BCUT2D eigenvalue weighted by molar-refractivity contribution is 5.13. The van der Waals surface area contributed by atoms with Crippen molar-refractivity contribution in [1.29, 1.82) is 0 Å². The summed E-state index contributed by atoms with van der Waals surface area (Å²) in [5.41, 5.74) is 10.3. The van der Waals surface area contributed by atoms with Crippen LogP contribution >= 0.6 is 0 Å². The van der Waals surface area contributed by atoms with Crippen molar-refractivity contribution in [3.63, 3.8) is 0 Å². The van der Waals surface area contributed by atoms with Gasteiger partial charge in [0.2, 0.25) is 0 Å². The van der Waals surface area contributed by atoms with Crippen LogP contribution in [0.5, 0.6) is 0 Å². The minimum Gasteiger partial charge on any atom is -0.346 e. The van der Waals surface area contributed by atoms with Gasteiger partial charge in [-0.15, -0.1) is 0 Å². The van der Waals surface area contributed by atoms with Crippen LogP contribution in [0.3, 0.4) is 0 Å². The lowest BCUT2D eigenvalue weighted by atomic mass is 9.97. The first kappa shape index (κ1) is 25.8. The Morgan fingerprint density at radius 1 is 0.833 bits per heavy atom. The molecule has 4 aliphatic heterocycles. The van der Waals surface area contributed by atoms with Crippen molar-refractivity contribution >= 4 is 0 Å². The Kier molecular flexibility index (Phi) is 7.05. The Morgan fingerprint density at radius 3 is 2.03 bits per heavy atom. The fourth-order valence-corrected chi connectivity index (χ4v) is 5.40. The second kappa shape index (κ2) is 9.83. The summed E-state index contributed by atoms with van der Waals surface area (Å²) in [5, 5.41) is 3.99. The van der Waals surface area contributed by atoms with Crippen molar-refractivity contribution in [2.24, 2.45) is 5.11 Å². The fraction of sp³-hybridized carbons (Fsp3) is 0.760. The molecule has 4 saturated heterocycles. The summed E-state index contributed by atoms with van der Waals surface area (Å²) in [6.45, 7) is 11.5. The molecule has 4 aliphatic rings. The van der Waals surface area contributed by atoms with Crippen LogP contribution in [0.1, 0.15) is 47.1 Å². The Morgan fingerprint density at radius 2 is 1.39 bits per heavy atom. The maximum Gasteiger partial charge on any atom is 0.187 e. The normalized spacial score (nSPS) is 42.8. The van der Waals surface area contributed by atoms with E-state index in [1.54, 1.807) is 0 Å². The number of fused-ring (bicyclic) bond motifs is 2. The third-order valence-corrected chi connectivity index (χ3v) is 6.89. The Bertz CT molecular complexity index is 971. The zero-order valence-corrected chi connectivity index (χ0v) is 21.5. The Labute approximate surface area is 210 Å². The quantitative estimate of drug-likeness (QED) is 0.325. The van der Waals surface area contributed by atoms with E-state index in [1.165, 1.54) is 0 Å². The van der Waals surface area contributed by atoms with E-state index in [-0.39, 0.29) is 18.3 Å². The average Bonchev–Trinajstić information content (AvgIpc) is 3.33. The number of rotatable bonds is 6. The molecule has 4 fully saturated rings. The summed E-state index contributed by atoms with van der Waals surface area (Å²) in [6.07, 6.45) is -4.92. The van der Waals surface area contributed by atoms with Crippen LogP contribution < -0.4 is 0 Å². The van der Waals surface area contributed by atoms with Crippen molar-refractivity contribution in [2.75, 3.05) is 0 Å². The zero-order valence-electron chi connectivity index (χ0n) is 21.5. The first-order valence-electron chi connectivity index (χ1n) is 12.4. The molecule has 1 aromatic rings. The molecule has 11 heteroatoms. The molecule has 1 aromatic carbocycles. The monoisotopic (exact) mass is 505 g/mol. The van der Waals surface area contributed by atoms with Gasteiger partial charge in [-0.3, -0.25) is 0 Å². The average molecular weight is 506 g/mol. The van der Waals surface area contributed by atoms with Crippen LogP contribution in [0.25, 0.3) is 10.4 Å². The number of azide groups is 1. The summed E-state index contributed by atoms with van der Waals surface area (Å²) in [7, 11) is 0. The van der Waals surface area contributed by atoms with Gasteiger partial charge in [0, 0.05) is 4.91 Å². The van der Waals surface area contributed by atoms with Crippen molar-refractivity contribution < 1.29 is 37.9 Å². The molecule has 11 nitrogen and oxygen atoms in total. The second-order valence-corrected chi connectivity index (χ2v) is 10.6. The van der Waals surface area contributed by atoms with Gasteiger partial charge in [0.15, 0.2) is 24.2 Å². The molecule has 0 aliphatic carbocycles. The minimum atomic E-state index is -0.938. The summed E-state index contributed by atoms with van der Waals surface area (Å²) in [4.78, 5) is 3.04. The van der Waals surface area contributed by atoms with Crippen LogP contribution in [0.4, 0.5) is 0 Å². The third kappa shape index (κ3) is 5.13. The molecule has 0 saturated carbocycles. The van der Waals surface area contributed by atoms with Gasteiger partial charge in [-0.05, 0) is 52.6 Å². The molecule has 0 spiro atoms. The lowest BCUT2D eigenvalue weighted by Crippen LogP contribution is -2.61. The van der Waals surface area contributed by atoms with E-state index in [4.69, 9.17) is 37.9 Å². The van der Waals surface area contributed by atoms with E-state index in [0.29, 0.717) is 6.61 Å². The summed E-state index contributed by atoms with van der Waals surface area (Å²) in [5.74, 6) is -1.67. The van der Waals surface area contributed by atoms with Gasteiger partial charge in [-0.2, -0.15) is 0 Å². The lowest BCUT2D eigenvalue weighted by Gasteiger charge is -2.45. The molecule has 10 atom stereocenters. The number of hydrogen-bond donors (Lipinski definition) is 0. The molecule has 0 N–H and O–H groups in total. The number of nitrogens with zero attached hydrogens (tertiary/aromatic N) is 3. The molecule has 0 unspecified atom stereocenters. The van der Waals surface area contributed by atoms with Crippen molar-refractivity contribution in [3.05, 3.63) is 46.3 Å². The van der Waals surface area contributed by atoms with Gasteiger partial charge in [0.25, 0.3) is 0 Å². The van der Waals surface area contributed by atoms with Gasteiger partial charge in [0.05, 0.1) is 18.8 Å². The minimum absolute atomic E-state index is 0.298. The van der Waals surface area contributed by atoms with Crippen LogP contribution in [0, 0.1) is 0 Å². The van der Waals surface area contributed by atoms with Gasteiger partial charge < -0.3 is 37.9 Å². The van der Waals surface area contributed by atoms with Crippen molar-refractivity contribution in [3.8, 4) is 0 Å². The number of hydrogen-bond acceptors (Lipinski definition) is 9. The molecule has 36 heavy (non-hydrogen) atoms. The number of benzene rings is 1. The van der Waals surface area contributed by atoms with E-state index in [2.05, 4.69) is 10.0 Å². The lowest BCUT2D eigenvalue weighted by molar-refractivity contribution is -0.334. The standard InChI is InChI=1S/C25H35N3O8/c1-13-17-19(35-24(3,4)33-17)16(27-28-26)22(30-13)32-21-20-18(34-25(5,6)36-20)14(2)31-23(21)29-12-15-10-8-7-9-11-15/h7-11,13-14,16-23H,12H2,1-6H3/t13-,14-,16-,17+,18+,19-,20+,21-,22-,23+/m0/s1. The smallest absolute Gasteiger partial charge is 0.187 e. The highest BCUT2D eigenvalue weighted by atomic mass is 16.8. The highest BCUT2D eigenvalue weighted by Gasteiger charge is 2.59. The number of ether oxygens (including phenoxy) is 8. The fourth-order valence-electron chi connectivity index (χ4n) is 5.40. The first-order valence-corrected chi connectivity index (χ1v) is 12.4. The van der Waals surface area contributed by atoms with E-state index in [9.17, 15) is 5.53 Å².